The zero-order chi connectivity index (χ0) is 20.1. The van der Waals surface area contributed by atoms with E-state index in [1.165, 1.54) is 23.8 Å². The molecule has 0 radical (unpaired) electrons. The molecule has 8 nitrogen and oxygen atoms in total. The first-order valence-electron chi connectivity index (χ1n) is 8.80. The SMILES string of the molecule is CC(C)(C)N(C(=O)c1cnco1)C(C(=O)NCc1ccco1)c1ccncc1. The Kier molecular flexibility index (Phi) is 5.58. The summed E-state index contributed by atoms with van der Waals surface area (Å²) in [6.07, 6.45) is 7.23. The van der Waals surface area contributed by atoms with Crippen molar-refractivity contribution < 1.29 is 18.4 Å². The number of amides is 2. The number of aromatic nitrogens is 2. The molecule has 0 fully saturated rings. The predicted octanol–water partition coefficient (Wildman–Crippen LogP) is 2.96. The van der Waals surface area contributed by atoms with Gasteiger partial charge in [0.1, 0.15) is 11.8 Å². The van der Waals surface area contributed by atoms with Crippen LogP contribution in [0.25, 0.3) is 0 Å². The van der Waals surface area contributed by atoms with Crippen LogP contribution < -0.4 is 5.32 Å². The van der Waals surface area contributed by atoms with E-state index in [0.29, 0.717) is 11.3 Å². The van der Waals surface area contributed by atoms with Crippen molar-refractivity contribution in [2.24, 2.45) is 0 Å². The van der Waals surface area contributed by atoms with Crippen LogP contribution in [0.15, 0.2) is 64.3 Å². The molecule has 0 aliphatic rings. The van der Waals surface area contributed by atoms with Crippen molar-refractivity contribution in [3.8, 4) is 0 Å². The normalized spacial score (nSPS) is 12.4. The lowest BCUT2D eigenvalue weighted by Crippen LogP contribution is -2.52. The molecule has 3 aromatic rings. The van der Waals surface area contributed by atoms with Crippen molar-refractivity contribution in [3.05, 3.63) is 72.6 Å². The summed E-state index contributed by atoms with van der Waals surface area (Å²) in [5.41, 5.74) is -0.0467. The zero-order valence-corrected chi connectivity index (χ0v) is 16.0. The van der Waals surface area contributed by atoms with Crippen LogP contribution in [0.1, 0.15) is 48.7 Å². The molecule has 146 valence electrons. The lowest BCUT2D eigenvalue weighted by molar-refractivity contribution is -0.127. The molecule has 0 saturated heterocycles. The minimum absolute atomic E-state index is 0.0628. The summed E-state index contributed by atoms with van der Waals surface area (Å²) in [5, 5.41) is 2.84. The Hall–Kier alpha value is -3.42. The Labute approximate surface area is 162 Å². The predicted molar refractivity (Wildman–Crippen MR) is 100.0 cm³/mol. The maximum absolute atomic E-state index is 13.2. The van der Waals surface area contributed by atoms with E-state index in [9.17, 15) is 9.59 Å². The van der Waals surface area contributed by atoms with Gasteiger partial charge < -0.3 is 19.1 Å². The van der Waals surface area contributed by atoms with Gasteiger partial charge in [0.2, 0.25) is 11.7 Å². The van der Waals surface area contributed by atoms with E-state index in [-0.39, 0.29) is 18.2 Å². The number of hydrogen-bond donors (Lipinski definition) is 1. The van der Waals surface area contributed by atoms with E-state index in [1.54, 1.807) is 36.7 Å². The first-order valence-corrected chi connectivity index (χ1v) is 8.80. The Morgan fingerprint density at radius 3 is 2.46 bits per heavy atom. The van der Waals surface area contributed by atoms with Crippen molar-refractivity contribution in [1.82, 2.24) is 20.2 Å². The van der Waals surface area contributed by atoms with Gasteiger partial charge in [-0.25, -0.2) is 4.98 Å². The van der Waals surface area contributed by atoms with Gasteiger partial charge in [0.15, 0.2) is 6.39 Å². The number of hydrogen-bond acceptors (Lipinski definition) is 6. The second-order valence-electron chi connectivity index (χ2n) is 7.19. The third-order valence-electron chi connectivity index (χ3n) is 4.13. The number of carbonyl (C=O) groups excluding carboxylic acids is 2. The number of pyridine rings is 1. The molecule has 3 rings (SSSR count). The molecule has 28 heavy (non-hydrogen) atoms. The summed E-state index contributed by atoms with van der Waals surface area (Å²) in [6, 6.07) is 6.04. The molecular formula is C20H22N4O4. The third-order valence-corrected chi connectivity index (χ3v) is 4.13. The Balaban J connectivity index is 1.97. The molecule has 0 saturated carbocycles. The summed E-state index contributed by atoms with van der Waals surface area (Å²) in [7, 11) is 0. The molecule has 8 heteroatoms. The highest BCUT2D eigenvalue weighted by Crippen LogP contribution is 2.30. The number of oxazole rings is 1. The Bertz CT molecular complexity index is 900. The maximum atomic E-state index is 13.2. The van der Waals surface area contributed by atoms with Gasteiger partial charge in [-0.3, -0.25) is 14.6 Å². The molecule has 1 N–H and O–H groups in total. The van der Waals surface area contributed by atoms with Crippen LogP contribution in [0.4, 0.5) is 0 Å². The standard InChI is InChI=1S/C20H22N4O4/c1-20(2,3)24(19(26)16-12-22-13-28-16)17(14-6-8-21-9-7-14)18(25)23-11-15-5-4-10-27-15/h4-10,12-13,17H,11H2,1-3H3,(H,23,25). The van der Waals surface area contributed by atoms with Gasteiger partial charge in [0, 0.05) is 17.9 Å². The average molecular weight is 382 g/mol. The van der Waals surface area contributed by atoms with Crippen molar-refractivity contribution in [2.45, 2.75) is 38.9 Å². The summed E-state index contributed by atoms with van der Waals surface area (Å²) < 4.78 is 10.5. The zero-order valence-electron chi connectivity index (χ0n) is 16.0. The number of rotatable bonds is 6. The molecule has 0 spiro atoms. The largest absolute Gasteiger partial charge is 0.467 e. The highest BCUT2D eigenvalue weighted by molar-refractivity contribution is 5.96. The van der Waals surface area contributed by atoms with Crippen LogP contribution >= 0.6 is 0 Å². The van der Waals surface area contributed by atoms with Crippen LogP contribution in [0.5, 0.6) is 0 Å². The highest BCUT2D eigenvalue weighted by Gasteiger charge is 2.40. The molecule has 0 bridgehead atoms. The van der Waals surface area contributed by atoms with Gasteiger partial charge in [0.05, 0.1) is 19.0 Å². The number of furan rings is 1. The summed E-state index contributed by atoms with van der Waals surface area (Å²) in [4.78, 5) is 35.7. The summed E-state index contributed by atoms with van der Waals surface area (Å²) >= 11 is 0. The van der Waals surface area contributed by atoms with Gasteiger partial charge in [-0.05, 0) is 50.6 Å². The highest BCUT2D eigenvalue weighted by atomic mass is 16.3. The van der Waals surface area contributed by atoms with Crippen LogP contribution in [-0.2, 0) is 11.3 Å². The van der Waals surface area contributed by atoms with E-state index < -0.39 is 17.5 Å². The fraction of sp³-hybridized carbons (Fsp3) is 0.300. The Morgan fingerprint density at radius 2 is 1.89 bits per heavy atom. The van der Waals surface area contributed by atoms with Gasteiger partial charge in [-0.2, -0.15) is 0 Å². The molecular weight excluding hydrogens is 360 g/mol. The third kappa shape index (κ3) is 4.28. The quantitative estimate of drug-likeness (QED) is 0.703. The number of nitrogens with zero attached hydrogens (tertiary/aromatic N) is 3. The van der Waals surface area contributed by atoms with E-state index in [2.05, 4.69) is 15.3 Å². The number of nitrogens with one attached hydrogen (secondary N) is 1. The monoisotopic (exact) mass is 382 g/mol. The molecule has 3 heterocycles. The van der Waals surface area contributed by atoms with Crippen molar-refractivity contribution in [3.63, 3.8) is 0 Å². The molecule has 0 aliphatic carbocycles. The summed E-state index contributed by atoms with van der Waals surface area (Å²) in [5.74, 6) is -0.0936. The van der Waals surface area contributed by atoms with E-state index >= 15 is 0 Å². The van der Waals surface area contributed by atoms with Crippen molar-refractivity contribution in [1.29, 1.82) is 0 Å². The first-order chi connectivity index (χ1) is 13.4. The minimum Gasteiger partial charge on any atom is -0.467 e. The fourth-order valence-electron chi connectivity index (χ4n) is 2.90. The van der Waals surface area contributed by atoms with Crippen LogP contribution in [0.3, 0.4) is 0 Å². The van der Waals surface area contributed by atoms with Crippen molar-refractivity contribution in [2.75, 3.05) is 0 Å². The van der Waals surface area contributed by atoms with E-state index in [4.69, 9.17) is 8.83 Å². The van der Waals surface area contributed by atoms with Gasteiger partial charge in [-0.1, -0.05) is 0 Å². The molecule has 0 aliphatic heterocycles. The second-order valence-corrected chi connectivity index (χ2v) is 7.19. The molecule has 3 aromatic heterocycles. The van der Waals surface area contributed by atoms with Gasteiger partial charge >= 0.3 is 0 Å². The minimum atomic E-state index is -0.893. The molecule has 2 amide bonds. The Morgan fingerprint density at radius 1 is 1.14 bits per heavy atom. The fourth-order valence-corrected chi connectivity index (χ4v) is 2.90. The van der Waals surface area contributed by atoms with Crippen molar-refractivity contribution >= 4 is 11.8 Å². The smallest absolute Gasteiger partial charge is 0.292 e. The maximum Gasteiger partial charge on any atom is 0.292 e. The average Bonchev–Trinajstić information content (AvgIpc) is 3.37. The lowest BCUT2D eigenvalue weighted by Gasteiger charge is -2.40. The van der Waals surface area contributed by atoms with E-state index in [1.807, 2.05) is 20.8 Å². The van der Waals surface area contributed by atoms with Crippen LogP contribution in [0.2, 0.25) is 0 Å². The summed E-state index contributed by atoms with van der Waals surface area (Å²) in [6.45, 7) is 5.78. The second kappa shape index (κ2) is 8.08. The first kappa shape index (κ1) is 19.3. The van der Waals surface area contributed by atoms with Crippen LogP contribution in [0, 0.1) is 0 Å². The molecule has 1 unspecified atom stereocenters. The number of carbonyl (C=O) groups is 2. The van der Waals surface area contributed by atoms with Gasteiger partial charge in [-0.15, -0.1) is 0 Å². The van der Waals surface area contributed by atoms with Crippen LogP contribution in [-0.4, -0.2) is 32.2 Å². The molecule has 0 aromatic carbocycles. The lowest BCUT2D eigenvalue weighted by atomic mass is 9.97. The topological polar surface area (TPSA) is 101 Å². The van der Waals surface area contributed by atoms with E-state index in [0.717, 1.165) is 0 Å². The van der Waals surface area contributed by atoms with Gasteiger partial charge in [0.25, 0.3) is 5.91 Å². The molecule has 1 atom stereocenters.